The van der Waals surface area contributed by atoms with Gasteiger partial charge >= 0.3 is 0 Å². The summed E-state index contributed by atoms with van der Waals surface area (Å²) in [6.07, 6.45) is 2.54. The van der Waals surface area contributed by atoms with E-state index in [9.17, 15) is 13.5 Å². The molecule has 0 aliphatic carbocycles. The summed E-state index contributed by atoms with van der Waals surface area (Å²) >= 11 is 0. The number of fused-ring (bicyclic) bond motifs is 1. The van der Waals surface area contributed by atoms with Gasteiger partial charge in [0, 0.05) is 38.9 Å². The van der Waals surface area contributed by atoms with Gasteiger partial charge in [0.2, 0.25) is 10.0 Å². The van der Waals surface area contributed by atoms with Gasteiger partial charge in [0.25, 0.3) is 0 Å². The second-order valence-electron chi connectivity index (χ2n) is 10.1. The molecule has 37 heavy (non-hydrogen) atoms. The Morgan fingerprint density at radius 3 is 2.32 bits per heavy atom. The summed E-state index contributed by atoms with van der Waals surface area (Å²) in [5.74, 6) is 0.653. The number of aromatic hydroxyl groups is 1. The van der Waals surface area contributed by atoms with Crippen LogP contribution in [-0.2, 0) is 16.6 Å². The second kappa shape index (κ2) is 10.6. The van der Waals surface area contributed by atoms with Crippen LogP contribution in [0.2, 0.25) is 0 Å². The van der Waals surface area contributed by atoms with Crippen LogP contribution >= 0.6 is 0 Å². The maximum absolute atomic E-state index is 14.5. The minimum absolute atomic E-state index is 0.0677. The monoisotopic (exact) mass is 523 g/mol. The Hall–Kier alpha value is -3.23. The summed E-state index contributed by atoms with van der Waals surface area (Å²) in [6.45, 7) is 4.84. The maximum atomic E-state index is 14.5. The fraction of sp³-hybridized carbons (Fsp3) is 0.379. The molecule has 7 nitrogen and oxygen atoms in total. The molecule has 4 rings (SSSR count). The van der Waals surface area contributed by atoms with Crippen LogP contribution in [0.5, 0.6) is 11.5 Å². The first-order chi connectivity index (χ1) is 17.6. The van der Waals surface area contributed by atoms with Gasteiger partial charge in [-0.25, -0.2) is 8.42 Å². The number of unbranched alkanes of at least 4 members (excludes halogenated alkanes) is 1. The van der Waals surface area contributed by atoms with Crippen molar-refractivity contribution in [3.8, 4) is 11.5 Å². The number of rotatable bonds is 8. The van der Waals surface area contributed by atoms with Crippen LogP contribution in [-0.4, -0.2) is 51.1 Å². The molecule has 8 heteroatoms. The maximum Gasteiger partial charge on any atom is 0.246 e. The van der Waals surface area contributed by atoms with E-state index in [4.69, 9.17) is 4.74 Å². The minimum Gasteiger partial charge on any atom is -0.506 e. The Morgan fingerprint density at radius 1 is 1.05 bits per heavy atom. The van der Waals surface area contributed by atoms with Crippen LogP contribution in [0.25, 0.3) is 0 Å². The zero-order valence-electron chi connectivity index (χ0n) is 22.3. The van der Waals surface area contributed by atoms with Gasteiger partial charge in [0.15, 0.2) is 0 Å². The van der Waals surface area contributed by atoms with Crippen LogP contribution in [0.4, 0.5) is 17.1 Å². The van der Waals surface area contributed by atoms with E-state index in [1.807, 2.05) is 75.6 Å². The van der Waals surface area contributed by atoms with Crippen LogP contribution < -0.4 is 14.5 Å². The average molecular weight is 524 g/mol. The first-order valence-corrected chi connectivity index (χ1v) is 14.1. The molecule has 0 aromatic heterocycles. The highest BCUT2D eigenvalue weighted by molar-refractivity contribution is 7.89. The molecule has 0 radical (unpaired) electrons. The standard InChI is InChI=1S/C29H37N3O4S/c1-6-7-17-29(2)21-31(23-11-9-8-10-12-23)26-18-25(30(3)4)27(33)19-28(26)37(34,35)32(29)20-22-13-15-24(36-5)16-14-22/h8-16,18-19,33H,6-7,17,20-21H2,1-5H3. The number of hydrogen-bond acceptors (Lipinski definition) is 6. The number of nitrogens with zero attached hydrogens (tertiary/aromatic N) is 3. The molecule has 0 spiro atoms. The summed E-state index contributed by atoms with van der Waals surface area (Å²) in [5.41, 5.74) is 2.19. The highest BCUT2D eigenvalue weighted by atomic mass is 32.2. The van der Waals surface area contributed by atoms with Crippen molar-refractivity contribution >= 4 is 27.1 Å². The molecule has 0 fully saturated rings. The fourth-order valence-corrected chi connectivity index (χ4v) is 6.99. The molecule has 0 saturated heterocycles. The summed E-state index contributed by atoms with van der Waals surface area (Å²) in [7, 11) is 1.28. The topological polar surface area (TPSA) is 73.3 Å². The molecule has 0 bridgehead atoms. The Balaban J connectivity index is 1.95. The second-order valence-corrected chi connectivity index (χ2v) is 11.9. The highest BCUT2D eigenvalue weighted by Crippen LogP contribution is 2.46. The van der Waals surface area contributed by atoms with Crippen LogP contribution in [0, 0.1) is 0 Å². The zero-order valence-corrected chi connectivity index (χ0v) is 23.1. The SMILES string of the molecule is CCCCC1(C)CN(c2ccccc2)c2cc(N(C)C)c(O)cc2S(=O)(=O)N1Cc1ccc(OC)cc1. The number of phenols is 1. The molecule has 0 amide bonds. The lowest BCUT2D eigenvalue weighted by atomic mass is 9.92. The van der Waals surface area contributed by atoms with Crippen molar-refractivity contribution in [2.75, 3.05) is 37.5 Å². The molecule has 3 aromatic carbocycles. The third kappa shape index (κ3) is 5.26. The van der Waals surface area contributed by atoms with Crippen molar-refractivity contribution in [1.29, 1.82) is 0 Å². The predicted molar refractivity (Wildman–Crippen MR) is 150 cm³/mol. The van der Waals surface area contributed by atoms with Crippen LogP contribution in [0.1, 0.15) is 38.7 Å². The van der Waals surface area contributed by atoms with Crippen molar-refractivity contribution in [3.63, 3.8) is 0 Å². The van der Waals surface area contributed by atoms with Crippen molar-refractivity contribution in [2.24, 2.45) is 0 Å². The number of benzene rings is 3. The lowest BCUT2D eigenvalue weighted by Crippen LogP contribution is -2.53. The molecule has 1 N–H and O–H groups in total. The van der Waals surface area contributed by atoms with Crippen LogP contribution in [0.3, 0.4) is 0 Å². The van der Waals surface area contributed by atoms with Gasteiger partial charge < -0.3 is 19.6 Å². The zero-order chi connectivity index (χ0) is 26.8. The summed E-state index contributed by atoms with van der Waals surface area (Å²) < 4.78 is 35.9. The minimum atomic E-state index is -4.00. The number of methoxy groups -OCH3 is 1. The molecule has 1 unspecified atom stereocenters. The Labute approximate surface area is 221 Å². The van der Waals surface area contributed by atoms with E-state index in [0.717, 1.165) is 29.8 Å². The van der Waals surface area contributed by atoms with Crippen molar-refractivity contribution in [3.05, 3.63) is 72.3 Å². The lowest BCUT2D eigenvalue weighted by Gasteiger charge is -2.41. The van der Waals surface area contributed by atoms with E-state index in [1.165, 1.54) is 6.07 Å². The number of hydrogen-bond donors (Lipinski definition) is 1. The quantitative estimate of drug-likeness (QED) is 0.405. The molecule has 198 valence electrons. The largest absolute Gasteiger partial charge is 0.506 e. The number of para-hydroxylation sites is 1. The van der Waals surface area contributed by atoms with Gasteiger partial charge in [0.1, 0.15) is 16.4 Å². The van der Waals surface area contributed by atoms with Gasteiger partial charge in [-0.1, -0.05) is 50.1 Å². The third-order valence-corrected chi connectivity index (χ3v) is 9.15. The Morgan fingerprint density at radius 2 is 1.73 bits per heavy atom. The number of ether oxygens (including phenoxy) is 1. The lowest BCUT2D eigenvalue weighted by molar-refractivity contribution is 0.191. The molecule has 1 atom stereocenters. The van der Waals surface area contributed by atoms with E-state index in [-0.39, 0.29) is 17.2 Å². The first-order valence-electron chi connectivity index (χ1n) is 12.6. The van der Waals surface area contributed by atoms with Gasteiger partial charge in [-0.05, 0) is 49.2 Å². The van der Waals surface area contributed by atoms with Crippen molar-refractivity contribution < 1.29 is 18.3 Å². The van der Waals surface area contributed by atoms with E-state index >= 15 is 0 Å². The van der Waals surface area contributed by atoms with Gasteiger partial charge in [-0.2, -0.15) is 4.31 Å². The first kappa shape index (κ1) is 26.8. The summed E-state index contributed by atoms with van der Waals surface area (Å²) in [5, 5.41) is 10.9. The molecule has 1 aliphatic rings. The molecular formula is C29H37N3O4S. The van der Waals surface area contributed by atoms with Gasteiger partial charge in [-0.15, -0.1) is 0 Å². The van der Waals surface area contributed by atoms with Crippen LogP contribution in [0.15, 0.2) is 71.6 Å². The molecule has 1 aliphatic heterocycles. The molecule has 0 saturated carbocycles. The number of sulfonamides is 1. The van der Waals surface area contributed by atoms with E-state index in [0.29, 0.717) is 24.3 Å². The Kier molecular flexibility index (Phi) is 7.71. The Bertz CT molecular complexity index is 1330. The van der Waals surface area contributed by atoms with Gasteiger partial charge in [-0.3, -0.25) is 0 Å². The molecular weight excluding hydrogens is 486 g/mol. The fourth-order valence-electron chi connectivity index (χ4n) is 5.01. The smallest absolute Gasteiger partial charge is 0.246 e. The average Bonchev–Trinajstić information content (AvgIpc) is 2.95. The summed E-state index contributed by atoms with van der Waals surface area (Å²) in [6, 6.07) is 20.6. The number of anilines is 3. The summed E-state index contributed by atoms with van der Waals surface area (Å²) in [4.78, 5) is 3.98. The highest BCUT2D eigenvalue weighted by Gasteiger charge is 2.46. The van der Waals surface area contributed by atoms with Crippen molar-refractivity contribution in [1.82, 2.24) is 4.31 Å². The van der Waals surface area contributed by atoms with Gasteiger partial charge in [0.05, 0.1) is 24.0 Å². The van der Waals surface area contributed by atoms with E-state index in [2.05, 4.69) is 11.8 Å². The number of phenolic OH excluding ortho intramolecular Hbond substituents is 1. The third-order valence-electron chi connectivity index (χ3n) is 7.12. The van der Waals surface area contributed by atoms with Crippen molar-refractivity contribution in [2.45, 2.75) is 50.1 Å². The molecule has 3 aromatic rings. The normalized spacial score (nSPS) is 19.2. The molecule has 1 heterocycles. The predicted octanol–water partition coefficient (Wildman–Crippen LogP) is 5.76. The van der Waals surface area contributed by atoms with E-state index in [1.54, 1.807) is 22.4 Å². The van der Waals surface area contributed by atoms with E-state index < -0.39 is 15.6 Å².